The number of nitrogens with zero attached hydrogens (tertiary/aromatic N) is 5. The molecule has 3 aliphatic rings. The van der Waals surface area contributed by atoms with E-state index in [1.165, 1.54) is 15.3 Å². The molecule has 2 saturated heterocycles. The highest BCUT2D eigenvalue weighted by atomic mass is 16.3. The van der Waals surface area contributed by atoms with E-state index in [1.54, 1.807) is 12.2 Å². The van der Waals surface area contributed by atoms with E-state index in [0.29, 0.717) is 23.8 Å². The number of hydrogen-bond acceptors (Lipinski definition) is 6. The average Bonchev–Trinajstić information content (AvgIpc) is 3.43. The van der Waals surface area contributed by atoms with Crippen molar-refractivity contribution in [2.45, 2.75) is 90.4 Å². The molecule has 10 heteroatoms. The largest absolute Gasteiger partial charge is 0.492 e. The van der Waals surface area contributed by atoms with Gasteiger partial charge in [0.15, 0.2) is 5.56 Å². The molecule has 1 spiro atoms. The molecular weight excluding hydrogens is 484 g/mol. The van der Waals surface area contributed by atoms with Crippen LogP contribution in [0.15, 0.2) is 17.1 Å². The number of carbonyl (C=O) groups is 2. The van der Waals surface area contributed by atoms with Crippen LogP contribution in [0.2, 0.25) is 0 Å². The molecule has 0 atom stereocenters. The third-order valence-corrected chi connectivity index (χ3v) is 8.32. The zero-order chi connectivity index (χ0) is 27.2. The fourth-order valence-corrected chi connectivity index (χ4v) is 6.06. The van der Waals surface area contributed by atoms with Crippen molar-refractivity contribution >= 4 is 23.5 Å². The first-order valence-corrected chi connectivity index (χ1v) is 14.0. The van der Waals surface area contributed by atoms with Gasteiger partial charge in [-0.25, -0.2) is 0 Å². The van der Waals surface area contributed by atoms with Gasteiger partial charge in [-0.05, 0) is 64.4 Å². The van der Waals surface area contributed by atoms with Gasteiger partial charge in [-0.15, -0.1) is 0 Å². The quantitative estimate of drug-likeness (QED) is 0.539. The summed E-state index contributed by atoms with van der Waals surface area (Å²) in [4.78, 5) is 44.2. The predicted molar refractivity (Wildman–Crippen MR) is 145 cm³/mol. The number of amides is 2. The fraction of sp³-hybridized carbons (Fsp3) is 0.643. The third-order valence-electron chi connectivity index (χ3n) is 8.32. The van der Waals surface area contributed by atoms with Gasteiger partial charge in [0.1, 0.15) is 5.65 Å². The van der Waals surface area contributed by atoms with E-state index in [4.69, 9.17) is 0 Å². The number of aromatic nitrogens is 3. The van der Waals surface area contributed by atoms with Gasteiger partial charge < -0.3 is 20.2 Å². The molecule has 1 aliphatic carbocycles. The number of fused-ring (bicyclic) bond motifs is 1. The first-order chi connectivity index (χ1) is 18.1. The van der Waals surface area contributed by atoms with Crippen molar-refractivity contribution in [3.05, 3.63) is 33.8 Å². The molecular formula is C28H40N6O4. The van der Waals surface area contributed by atoms with Crippen molar-refractivity contribution in [2.75, 3.05) is 19.6 Å². The van der Waals surface area contributed by atoms with Crippen LogP contribution in [0.3, 0.4) is 0 Å². The van der Waals surface area contributed by atoms with Crippen LogP contribution in [0.5, 0.6) is 5.88 Å². The highest BCUT2D eigenvalue weighted by Crippen LogP contribution is 2.39. The van der Waals surface area contributed by atoms with E-state index in [-0.39, 0.29) is 29.0 Å². The minimum absolute atomic E-state index is 0.0396. The summed E-state index contributed by atoms with van der Waals surface area (Å²) in [6.07, 6.45) is 10.5. The van der Waals surface area contributed by atoms with Crippen molar-refractivity contribution in [3.63, 3.8) is 0 Å². The average molecular weight is 525 g/mol. The highest BCUT2D eigenvalue weighted by molar-refractivity contribution is 5.97. The van der Waals surface area contributed by atoms with Gasteiger partial charge in [0, 0.05) is 55.4 Å². The second-order valence-electron chi connectivity index (χ2n) is 11.9. The van der Waals surface area contributed by atoms with Crippen LogP contribution < -0.4 is 10.9 Å². The van der Waals surface area contributed by atoms with Gasteiger partial charge in [-0.3, -0.25) is 19.0 Å². The summed E-state index contributed by atoms with van der Waals surface area (Å²) in [5.41, 5.74) is -0.0290. The van der Waals surface area contributed by atoms with Gasteiger partial charge in [-0.1, -0.05) is 13.8 Å². The smallest absolute Gasteiger partial charge is 0.270 e. The summed E-state index contributed by atoms with van der Waals surface area (Å²) in [7, 11) is 0. The number of hydrogen-bond donors (Lipinski definition) is 2. The number of rotatable bonds is 7. The summed E-state index contributed by atoms with van der Waals surface area (Å²) in [6, 6.07) is 0.553. The number of piperidine rings is 1. The van der Waals surface area contributed by atoms with Crippen LogP contribution in [0.25, 0.3) is 11.7 Å². The van der Waals surface area contributed by atoms with E-state index >= 15 is 0 Å². The van der Waals surface area contributed by atoms with E-state index in [1.807, 2.05) is 18.7 Å². The van der Waals surface area contributed by atoms with Crippen molar-refractivity contribution < 1.29 is 14.7 Å². The lowest BCUT2D eigenvalue weighted by Gasteiger charge is -2.45. The zero-order valence-electron chi connectivity index (χ0n) is 22.9. The Morgan fingerprint density at radius 1 is 1.16 bits per heavy atom. The summed E-state index contributed by atoms with van der Waals surface area (Å²) in [5, 5.41) is 18.0. The molecule has 3 fully saturated rings. The Morgan fingerprint density at radius 3 is 2.50 bits per heavy atom. The minimum Gasteiger partial charge on any atom is -0.492 e. The second kappa shape index (κ2) is 10.2. The zero-order valence-corrected chi connectivity index (χ0v) is 22.9. The molecule has 5 rings (SSSR count). The number of likely N-dealkylation sites (tertiary alicyclic amines) is 2. The Bertz CT molecular complexity index is 1310. The van der Waals surface area contributed by atoms with E-state index in [9.17, 15) is 19.5 Å². The Morgan fingerprint density at radius 2 is 1.87 bits per heavy atom. The topological polar surface area (TPSA) is 112 Å². The maximum absolute atomic E-state index is 13.5. The summed E-state index contributed by atoms with van der Waals surface area (Å²) < 4.78 is 2.72. The van der Waals surface area contributed by atoms with Gasteiger partial charge in [-0.2, -0.15) is 9.61 Å². The maximum atomic E-state index is 13.5. The van der Waals surface area contributed by atoms with Crippen molar-refractivity contribution in [2.24, 2.45) is 5.92 Å². The highest BCUT2D eigenvalue weighted by Gasteiger charge is 2.45. The van der Waals surface area contributed by atoms with Crippen LogP contribution in [0.1, 0.15) is 82.1 Å². The van der Waals surface area contributed by atoms with Crippen LogP contribution in [-0.4, -0.2) is 78.2 Å². The lowest BCUT2D eigenvalue weighted by molar-refractivity contribution is -0.131. The standard InChI is InChI=1S/C28H40N6O4/c1-18(2)17-32-25-20(16-29-34(25)27(38)23(26(32)37)24(36)30-21-7-8-21)6-9-22(35)33-13-5-10-28(33)11-14-31(15-12-28)19(3)4/h6,9,16,18-19,21,38H,5,7-8,10-15,17H2,1-4H3,(H,30,36). The molecule has 0 aromatic carbocycles. The molecule has 206 valence electrons. The predicted octanol–water partition coefficient (Wildman–Crippen LogP) is 2.63. The van der Waals surface area contributed by atoms with Crippen LogP contribution in [0, 0.1) is 5.92 Å². The lowest BCUT2D eigenvalue weighted by Crippen LogP contribution is -2.54. The normalized spacial score (nSPS) is 20.0. The molecule has 10 nitrogen and oxygen atoms in total. The molecule has 2 aromatic heterocycles. The first-order valence-electron chi connectivity index (χ1n) is 14.0. The first kappa shape index (κ1) is 26.5. The number of carbonyl (C=O) groups excluding carboxylic acids is 2. The van der Waals surface area contributed by atoms with Crippen molar-refractivity contribution in [1.29, 1.82) is 0 Å². The Labute approximate surface area is 223 Å². The summed E-state index contributed by atoms with van der Waals surface area (Å²) >= 11 is 0. The van der Waals surface area contributed by atoms with Gasteiger partial charge in [0.25, 0.3) is 11.5 Å². The molecule has 0 bridgehead atoms. The maximum Gasteiger partial charge on any atom is 0.270 e. The van der Waals surface area contributed by atoms with E-state index < -0.39 is 17.3 Å². The molecule has 2 amide bonds. The molecule has 38 heavy (non-hydrogen) atoms. The minimum atomic E-state index is -0.583. The molecule has 1 saturated carbocycles. The molecule has 2 aromatic rings. The second-order valence-corrected chi connectivity index (χ2v) is 11.9. The van der Waals surface area contributed by atoms with Crippen LogP contribution in [-0.2, 0) is 11.3 Å². The number of nitrogens with one attached hydrogen (secondary N) is 1. The SMILES string of the molecule is CC(C)Cn1c(=O)c(C(=O)NC2CC2)c(O)n2ncc(C=CC(=O)N3CCCC34CCN(C(C)C)CC4)c12. The Hall–Kier alpha value is -3.14. The Balaban J connectivity index is 1.45. The van der Waals surface area contributed by atoms with Gasteiger partial charge in [0.05, 0.1) is 6.20 Å². The number of aromatic hydroxyl groups is 1. The van der Waals surface area contributed by atoms with Crippen molar-refractivity contribution in [3.8, 4) is 5.88 Å². The molecule has 4 heterocycles. The Kier molecular flexibility index (Phi) is 7.11. The molecule has 0 radical (unpaired) electrons. The lowest BCUT2D eigenvalue weighted by atomic mass is 9.84. The fourth-order valence-electron chi connectivity index (χ4n) is 6.06. The van der Waals surface area contributed by atoms with Gasteiger partial charge >= 0.3 is 0 Å². The van der Waals surface area contributed by atoms with Gasteiger partial charge in [0.2, 0.25) is 11.8 Å². The van der Waals surface area contributed by atoms with E-state index in [0.717, 1.165) is 58.2 Å². The summed E-state index contributed by atoms with van der Waals surface area (Å²) in [5.74, 6) is -0.998. The monoisotopic (exact) mass is 524 g/mol. The molecule has 0 unspecified atom stereocenters. The third kappa shape index (κ3) is 4.86. The van der Waals surface area contributed by atoms with Crippen LogP contribution >= 0.6 is 0 Å². The van der Waals surface area contributed by atoms with Crippen LogP contribution in [0.4, 0.5) is 0 Å². The van der Waals surface area contributed by atoms with Crippen molar-refractivity contribution in [1.82, 2.24) is 29.3 Å². The molecule has 2 N–H and O–H groups in total. The van der Waals surface area contributed by atoms with E-state index in [2.05, 4.69) is 29.2 Å². The summed E-state index contributed by atoms with van der Waals surface area (Å²) in [6.45, 7) is 11.5. The molecule has 2 aliphatic heterocycles.